The molecule has 8 heteroatoms. The van der Waals surface area contributed by atoms with E-state index in [1.54, 1.807) is 37.7 Å². The number of nitrogens with zero attached hydrogens (tertiary/aromatic N) is 3. The van der Waals surface area contributed by atoms with Gasteiger partial charge in [-0.1, -0.05) is 0 Å². The molecule has 2 N–H and O–H groups in total. The zero-order valence-electron chi connectivity index (χ0n) is 15.0. The van der Waals surface area contributed by atoms with E-state index in [2.05, 4.69) is 25.6 Å². The molecule has 0 saturated carbocycles. The Morgan fingerprint density at radius 3 is 2.52 bits per heavy atom. The highest BCUT2D eigenvalue weighted by Gasteiger charge is 2.12. The van der Waals surface area contributed by atoms with Crippen molar-refractivity contribution in [2.24, 2.45) is 0 Å². The molecule has 0 aliphatic heterocycles. The third-order valence-electron chi connectivity index (χ3n) is 3.76. The number of aromatic nitrogens is 3. The van der Waals surface area contributed by atoms with Crippen LogP contribution in [-0.4, -0.2) is 35.1 Å². The molecule has 138 valence electrons. The van der Waals surface area contributed by atoms with Gasteiger partial charge < -0.3 is 20.1 Å². The summed E-state index contributed by atoms with van der Waals surface area (Å²) in [7, 11) is 3.08. The van der Waals surface area contributed by atoms with Crippen molar-refractivity contribution in [3.63, 3.8) is 0 Å². The lowest BCUT2D eigenvalue weighted by Crippen LogP contribution is -2.15. The molecule has 3 rings (SSSR count). The van der Waals surface area contributed by atoms with Gasteiger partial charge in [-0.2, -0.15) is 0 Å². The summed E-state index contributed by atoms with van der Waals surface area (Å²) in [5.41, 5.74) is 1.78. The average molecular weight is 365 g/mol. The first-order valence-electron chi connectivity index (χ1n) is 8.18. The first kappa shape index (κ1) is 18.1. The Morgan fingerprint density at radius 1 is 1.04 bits per heavy atom. The third-order valence-corrected chi connectivity index (χ3v) is 3.76. The van der Waals surface area contributed by atoms with Crippen LogP contribution in [0.4, 0.5) is 11.5 Å². The summed E-state index contributed by atoms with van der Waals surface area (Å²) >= 11 is 0. The molecule has 0 saturated heterocycles. The maximum atomic E-state index is 12.4. The number of carbonyl (C=O) groups is 1. The van der Waals surface area contributed by atoms with Crippen molar-refractivity contribution in [1.29, 1.82) is 0 Å². The van der Waals surface area contributed by atoms with E-state index in [1.165, 1.54) is 19.5 Å². The molecule has 0 fully saturated rings. The molecule has 0 aliphatic rings. The number of rotatable bonds is 7. The van der Waals surface area contributed by atoms with Gasteiger partial charge in [-0.25, -0.2) is 9.97 Å². The molecule has 0 radical (unpaired) electrons. The van der Waals surface area contributed by atoms with Crippen molar-refractivity contribution < 1.29 is 14.3 Å². The number of anilines is 2. The van der Waals surface area contributed by atoms with Gasteiger partial charge in [0.2, 0.25) is 0 Å². The number of benzene rings is 1. The number of carbonyl (C=O) groups excluding carboxylic acids is 1. The molecule has 3 aromatic rings. The Balaban J connectivity index is 1.64. The molecule has 0 aliphatic carbocycles. The standard InChI is InChI=1S/C19H19N5O3/c1-26-14-3-4-15(17(9-14)27-2)24-19(25)16-11-23-18(12-21-16)22-10-13-5-7-20-8-6-13/h3-9,11-12H,10H2,1-2H3,(H,22,23)(H,24,25). The molecular weight excluding hydrogens is 346 g/mol. The molecule has 2 aromatic heterocycles. The Kier molecular flexibility index (Phi) is 5.78. The molecule has 8 nitrogen and oxygen atoms in total. The van der Waals surface area contributed by atoms with Gasteiger partial charge in [0.15, 0.2) is 0 Å². The fourth-order valence-electron chi connectivity index (χ4n) is 2.32. The van der Waals surface area contributed by atoms with Crippen LogP contribution in [0.3, 0.4) is 0 Å². The van der Waals surface area contributed by atoms with Crippen LogP contribution in [0.2, 0.25) is 0 Å². The van der Waals surface area contributed by atoms with Crippen LogP contribution in [0.5, 0.6) is 11.5 Å². The number of pyridine rings is 1. The topological polar surface area (TPSA) is 98.3 Å². The highest BCUT2D eigenvalue weighted by atomic mass is 16.5. The number of amides is 1. The monoisotopic (exact) mass is 365 g/mol. The number of hydrogen-bond donors (Lipinski definition) is 2. The maximum absolute atomic E-state index is 12.4. The summed E-state index contributed by atoms with van der Waals surface area (Å²) in [5.74, 6) is 1.32. The Morgan fingerprint density at radius 2 is 1.85 bits per heavy atom. The summed E-state index contributed by atoms with van der Waals surface area (Å²) in [6, 6.07) is 8.94. The van der Waals surface area contributed by atoms with Crippen LogP contribution >= 0.6 is 0 Å². The van der Waals surface area contributed by atoms with Crippen molar-refractivity contribution in [3.8, 4) is 11.5 Å². The van der Waals surface area contributed by atoms with Gasteiger partial charge in [0.25, 0.3) is 5.91 Å². The van der Waals surface area contributed by atoms with E-state index in [0.29, 0.717) is 29.5 Å². The van der Waals surface area contributed by atoms with Gasteiger partial charge in [-0.3, -0.25) is 9.78 Å². The summed E-state index contributed by atoms with van der Waals surface area (Å²) in [4.78, 5) is 24.8. The predicted octanol–water partition coefficient (Wildman–Crippen LogP) is 2.75. The lowest BCUT2D eigenvalue weighted by atomic mass is 10.2. The first-order chi connectivity index (χ1) is 13.2. The van der Waals surface area contributed by atoms with E-state index in [4.69, 9.17) is 9.47 Å². The smallest absolute Gasteiger partial charge is 0.275 e. The molecule has 1 aromatic carbocycles. The Labute approximate surface area is 156 Å². The van der Waals surface area contributed by atoms with Crippen molar-refractivity contribution in [2.45, 2.75) is 6.54 Å². The van der Waals surface area contributed by atoms with Crippen LogP contribution in [0.1, 0.15) is 16.1 Å². The van der Waals surface area contributed by atoms with E-state index in [9.17, 15) is 4.79 Å². The molecule has 2 heterocycles. The second-order valence-electron chi connectivity index (χ2n) is 5.52. The van der Waals surface area contributed by atoms with Crippen LogP contribution < -0.4 is 20.1 Å². The van der Waals surface area contributed by atoms with E-state index in [1.807, 2.05) is 12.1 Å². The number of methoxy groups -OCH3 is 2. The summed E-state index contributed by atoms with van der Waals surface area (Å²) < 4.78 is 10.4. The summed E-state index contributed by atoms with van der Waals surface area (Å²) in [6.45, 7) is 0.589. The summed E-state index contributed by atoms with van der Waals surface area (Å²) in [5, 5.41) is 5.90. The van der Waals surface area contributed by atoms with Crippen molar-refractivity contribution >= 4 is 17.4 Å². The highest BCUT2D eigenvalue weighted by molar-refractivity contribution is 6.03. The van der Waals surface area contributed by atoms with Gasteiger partial charge in [-0.15, -0.1) is 0 Å². The Bertz CT molecular complexity index is 901. The normalized spacial score (nSPS) is 10.1. The van der Waals surface area contributed by atoms with E-state index >= 15 is 0 Å². The molecule has 0 atom stereocenters. The Hall–Kier alpha value is -3.68. The molecule has 1 amide bonds. The van der Waals surface area contributed by atoms with E-state index < -0.39 is 0 Å². The van der Waals surface area contributed by atoms with Crippen molar-refractivity contribution in [3.05, 3.63) is 66.4 Å². The fraction of sp³-hybridized carbons (Fsp3) is 0.158. The van der Waals surface area contributed by atoms with Crippen LogP contribution in [0, 0.1) is 0 Å². The van der Waals surface area contributed by atoms with E-state index in [0.717, 1.165) is 5.56 Å². The van der Waals surface area contributed by atoms with Crippen molar-refractivity contribution in [1.82, 2.24) is 15.0 Å². The lowest BCUT2D eigenvalue weighted by Gasteiger charge is -2.11. The van der Waals surface area contributed by atoms with Crippen molar-refractivity contribution in [2.75, 3.05) is 24.9 Å². The lowest BCUT2D eigenvalue weighted by molar-refractivity contribution is 0.102. The van der Waals surface area contributed by atoms with Crippen LogP contribution in [-0.2, 0) is 6.54 Å². The van der Waals surface area contributed by atoms with Crippen LogP contribution in [0.15, 0.2) is 55.1 Å². The second kappa shape index (κ2) is 8.61. The second-order valence-corrected chi connectivity index (χ2v) is 5.52. The van der Waals surface area contributed by atoms with E-state index in [-0.39, 0.29) is 11.6 Å². The molecular formula is C19H19N5O3. The number of nitrogens with one attached hydrogen (secondary N) is 2. The minimum Gasteiger partial charge on any atom is -0.497 e. The maximum Gasteiger partial charge on any atom is 0.275 e. The molecule has 0 spiro atoms. The quantitative estimate of drug-likeness (QED) is 0.664. The number of hydrogen-bond acceptors (Lipinski definition) is 7. The SMILES string of the molecule is COc1ccc(NC(=O)c2cnc(NCc3ccncc3)cn2)c(OC)c1. The third kappa shape index (κ3) is 4.69. The predicted molar refractivity (Wildman–Crippen MR) is 101 cm³/mol. The minimum atomic E-state index is -0.383. The van der Waals surface area contributed by atoms with Gasteiger partial charge >= 0.3 is 0 Å². The molecule has 0 unspecified atom stereocenters. The van der Waals surface area contributed by atoms with Gasteiger partial charge in [0.1, 0.15) is 23.0 Å². The van der Waals surface area contributed by atoms with Gasteiger partial charge in [0, 0.05) is 25.0 Å². The zero-order valence-corrected chi connectivity index (χ0v) is 15.0. The average Bonchev–Trinajstić information content (AvgIpc) is 2.73. The minimum absolute atomic E-state index is 0.197. The zero-order chi connectivity index (χ0) is 19.1. The largest absolute Gasteiger partial charge is 0.497 e. The molecule has 0 bridgehead atoms. The van der Waals surface area contributed by atoms with Gasteiger partial charge in [0.05, 0.1) is 32.3 Å². The fourth-order valence-corrected chi connectivity index (χ4v) is 2.32. The summed E-state index contributed by atoms with van der Waals surface area (Å²) in [6.07, 6.45) is 6.38. The highest BCUT2D eigenvalue weighted by Crippen LogP contribution is 2.29. The van der Waals surface area contributed by atoms with Gasteiger partial charge in [-0.05, 0) is 29.8 Å². The number of ether oxygens (including phenoxy) is 2. The first-order valence-corrected chi connectivity index (χ1v) is 8.18. The molecule has 27 heavy (non-hydrogen) atoms. The van der Waals surface area contributed by atoms with Crippen LogP contribution in [0.25, 0.3) is 0 Å².